The SMILES string of the molecule is c1ccc(CNc2ccc3c([C@@H]4CCCN4Cc4nccs4)nnn3c2)cc1. The molecule has 6 nitrogen and oxygen atoms in total. The number of anilines is 1. The first kappa shape index (κ1) is 17.3. The molecular weight excluding hydrogens is 368 g/mol. The van der Waals surface area contributed by atoms with Gasteiger partial charge in [-0.3, -0.25) is 4.90 Å². The number of likely N-dealkylation sites (tertiary alicyclic amines) is 1. The van der Waals surface area contributed by atoms with Crippen LogP contribution in [-0.4, -0.2) is 31.3 Å². The van der Waals surface area contributed by atoms with Crippen molar-refractivity contribution in [2.24, 2.45) is 0 Å². The van der Waals surface area contributed by atoms with Gasteiger partial charge in [0.05, 0.1) is 30.0 Å². The molecule has 4 heterocycles. The number of thiazole rings is 1. The molecule has 4 aromatic rings. The van der Waals surface area contributed by atoms with E-state index >= 15 is 0 Å². The van der Waals surface area contributed by atoms with E-state index < -0.39 is 0 Å². The van der Waals surface area contributed by atoms with E-state index in [2.05, 4.69) is 61.9 Å². The Kier molecular flexibility index (Phi) is 4.76. The van der Waals surface area contributed by atoms with Crippen LogP contribution in [-0.2, 0) is 13.1 Å². The van der Waals surface area contributed by atoms with Crippen molar-refractivity contribution < 1.29 is 0 Å². The zero-order valence-electron chi connectivity index (χ0n) is 15.5. The minimum Gasteiger partial charge on any atom is -0.380 e. The molecule has 0 aliphatic carbocycles. The van der Waals surface area contributed by atoms with Gasteiger partial charge in [-0.1, -0.05) is 35.5 Å². The molecule has 1 aromatic carbocycles. The Hall–Kier alpha value is -2.77. The summed E-state index contributed by atoms with van der Waals surface area (Å²) < 4.78 is 1.89. The second-order valence-corrected chi connectivity index (χ2v) is 8.09. The van der Waals surface area contributed by atoms with Crippen LogP contribution >= 0.6 is 11.3 Å². The summed E-state index contributed by atoms with van der Waals surface area (Å²) in [7, 11) is 0. The molecule has 1 atom stereocenters. The standard InChI is InChI=1S/C21H22N6S/c1-2-5-16(6-3-1)13-23-17-8-9-19-21(24-25-27(19)14-17)18-7-4-11-26(18)15-20-22-10-12-28-20/h1-3,5-6,8-10,12,14,18,23H,4,7,11,13,15H2/t18-/m0/s1. The van der Waals surface area contributed by atoms with Crippen LogP contribution in [0.4, 0.5) is 5.69 Å². The Bertz CT molecular complexity index is 1040. The molecule has 5 rings (SSSR count). The molecule has 28 heavy (non-hydrogen) atoms. The highest BCUT2D eigenvalue weighted by atomic mass is 32.1. The normalized spacial score (nSPS) is 17.4. The van der Waals surface area contributed by atoms with Gasteiger partial charge in [-0.05, 0) is 37.1 Å². The molecule has 1 saturated heterocycles. The Balaban J connectivity index is 1.34. The Morgan fingerprint density at radius 3 is 2.93 bits per heavy atom. The van der Waals surface area contributed by atoms with Crippen molar-refractivity contribution in [1.29, 1.82) is 0 Å². The van der Waals surface area contributed by atoms with Gasteiger partial charge in [0, 0.05) is 18.1 Å². The smallest absolute Gasteiger partial charge is 0.108 e. The van der Waals surface area contributed by atoms with Crippen LogP contribution in [0, 0.1) is 0 Å². The predicted molar refractivity (Wildman–Crippen MR) is 111 cm³/mol. The molecule has 0 bridgehead atoms. The summed E-state index contributed by atoms with van der Waals surface area (Å²) in [5, 5.41) is 15.6. The molecule has 1 aliphatic heterocycles. The van der Waals surface area contributed by atoms with E-state index in [-0.39, 0.29) is 0 Å². The van der Waals surface area contributed by atoms with Crippen molar-refractivity contribution in [2.45, 2.75) is 32.0 Å². The molecule has 0 amide bonds. The molecule has 0 unspecified atom stereocenters. The van der Waals surface area contributed by atoms with Crippen LogP contribution in [0.5, 0.6) is 0 Å². The third-order valence-corrected chi connectivity index (χ3v) is 6.05. The van der Waals surface area contributed by atoms with E-state index in [1.165, 1.54) is 12.0 Å². The lowest BCUT2D eigenvalue weighted by atomic mass is 10.1. The van der Waals surface area contributed by atoms with Crippen molar-refractivity contribution >= 4 is 22.5 Å². The highest BCUT2D eigenvalue weighted by Gasteiger charge is 2.30. The number of aromatic nitrogens is 4. The fraction of sp³-hybridized carbons (Fsp3) is 0.286. The Morgan fingerprint density at radius 1 is 1.14 bits per heavy atom. The number of pyridine rings is 1. The first-order valence-electron chi connectivity index (χ1n) is 9.62. The van der Waals surface area contributed by atoms with Gasteiger partial charge in [0.1, 0.15) is 10.7 Å². The number of hydrogen-bond donors (Lipinski definition) is 1. The maximum Gasteiger partial charge on any atom is 0.108 e. The van der Waals surface area contributed by atoms with E-state index in [0.29, 0.717) is 6.04 Å². The molecule has 1 aliphatic rings. The van der Waals surface area contributed by atoms with Crippen LogP contribution in [0.1, 0.15) is 35.1 Å². The average molecular weight is 391 g/mol. The Labute approximate surface area is 167 Å². The maximum absolute atomic E-state index is 4.54. The van der Waals surface area contributed by atoms with Crippen molar-refractivity contribution in [3.63, 3.8) is 0 Å². The average Bonchev–Trinajstić information content (AvgIpc) is 3.48. The van der Waals surface area contributed by atoms with Gasteiger partial charge in [0.2, 0.25) is 0 Å². The maximum atomic E-state index is 4.54. The van der Waals surface area contributed by atoms with Crippen LogP contribution in [0.25, 0.3) is 5.52 Å². The molecule has 7 heteroatoms. The van der Waals surface area contributed by atoms with Gasteiger partial charge in [-0.2, -0.15) is 0 Å². The number of nitrogens with one attached hydrogen (secondary N) is 1. The van der Waals surface area contributed by atoms with Gasteiger partial charge >= 0.3 is 0 Å². The highest BCUT2D eigenvalue weighted by molar-refractivity contribution is 7.09. The fourth-order valence-corrected chi connectivity index (χ4v) is 4.53. The summed E-state index contributed by atoms with van der Waals surface area (Å²) in [6, 6.07) is 14.9. The van der Waals surface area contributed by atoms with E-state index in [9.17, 15) is 0 Å². The summed E-state index contributed by atoms with van der Waals surface area (Å²) in [5.41, 5.74) is 4.45. The van der Waals surface area contributed by atoms with Crippen molar-refractivity contribution in [3.05, 3.63) is 76.5 Å². The van der Waals surface area contributed by atoms with Gasteiger partial charge in [-0.25, -0.2) is 9.50 Å². The summed E-state index contributed by atoms with van der Waals surface area (Å²) >= 11 is 1.72. The number of hydrogen-bond acceptors (Lipinski definition) is 6. The van der Waals surface area contributed by atoms with E-state index in [4.69, 9.17) is 0 Å². The lowest BCUT2D eigenvalue weighted by Gasteiger charge is -2.21. The fourth-order valence-electron chi connectivity index (χ4n) is 3.89. The van der Waals surface area contributed by atoms with Gasteiger partial charge in [0.25, 0.3) is 0 Å². The Morgan fingerprint density at radius 2 is 2.07 bits per heavy atom. The van der Waals surface area contributed by atoms with Crippen molar-refractivity contribution in [3.8, 4) is 0 Å². The second kappa shape index (κ2) is 7.69. The molecular formula is C21H22N6S. The highest BCUT2D eigenvalue weighted by Crippen LogP contribution is 2.34. The summed E-state index contributed by atoms with van der Waals surface area (Å²) in [6.45, 7) is 2.76. The van der Waals surface area contributed by atoms with Crippen LogP contribution in [0.15, 0.2) is 60.2 Å². The van der Waals surface area contributed by atoms with Crippen molar-refractivity contribution in [1.82, 2.24) is 24.7 Å². The van der Waals surface area contributed by atoms with Crippen molar-refractivity contribution in [2.75, 3.05) is 11.9 Å². The number of benzene rings is 1. The molecule has 1 N–H and O–H groups in total. The summed E-state index contributed by atoms with van der Waals surface area (Å²) in [6.07, 6.45) is 6.21. The van der Waals surface area contributed by atoms with E-state index in [1.807, 2.05) is 28.4 Å². The first-order valence-corrected chi connectivity index (χ1v) is 10.5. The first-order chi connectivity index (χ1) is 13.9. The number of rotatable bonds is 6. The zero-order valence-corrected chi connectivity index (χ0v) is 16.3. The number of nitrogens with zero attached hydrogens (tertiary/aromatic N) is 5. The minimum absolute atomic E-state index is 0.310. The third-order valence-electron chi connectivity index (χ3n) is 5.28. The minimum atomic E-state index is 0.310. The van der Waals surface area contributed by atoms with Crippen LogP contribution in [0.3, 0.4) is 0 Å². The van der Waals surface area contributed by atoms with Crippen LogP contribution < -0.4 is 5.32 Å². The van der Waals surface area contributed by atoms with Gasteiger partial charge in [0.15, 0.2) is 0 Å². The monoisotopic (exact) mass is 390 g/mol. The lowest BCUT2D eigenvalue weighted by Crippen LogP contribution is -2.23. The largest absolute Gasteiger partial charge is 0.380 e. The summed E-state index contributed by atoms with van der Waals surface area (Å²) in [5.74, 6) is 0. The summed E-state index contributed by atoms with van der Waals surface area (Å²) in [4.78, 5) is 6.92. The van der Waals surface area contributed by atoms with Gasteiger partial charge in [-0.15, -0.1) is 16.4 Å². The topological polar surface area (TPSA) is 58.3 Å². The molecule has 142 valence electrons. The molecule has 0 radical (unpaired) electrons. The van der Waals surface area contributed by atoms with E-state index in [0.717, 1.165) is 48.0 Å². The lowest BCUT2D eigenvalue weighted by molar-refractivity contribution is 0.245. The van der Waals surface area contributed by atoms with Crippen LogP contribution in [0.2, 0.25) is 0 Å². The molecule has 0 saturated carbocycles. The van der Waals surface area contributed by atoms with Gasteiger partial charge < -0.3 is 5.32 Å². The zero-order chi connectivity index (χ0) is 18.8. The predicted octanol–water partition coefficient (Wildman–Crippen LogP) is 4.14. The molecule has 3 aromatic heterocycles. The molecule has 1 fully saturated rings. The van der Waals surface area contributed by atoms with E-state index in [1.54, 1.807) is 11.3 Å². The second-order valence-electron chi connectivity index (χ2n) is 7.12. The molecule has 0 spiro atoms. The number of fused-ring (bicyclic) bond motifs is 1. The quantitative estimate of drug-likeness (QED) is 0.536. The third kappa shape index (κ3) is 3.50.